The molecule has 0 radical (unpaired) electrons. The molecule has 26 heavy (non-hydrogen) atoms. The second-order valence-corrected chi connectivity index (χ2v) is 6.86. The maximum atomic E-state index is 14.3. The van der Waals surface area contributed by atoms with Crippen molar-refractivity contribution in [2.75, 3.05) is 19.8 Å². The van der Waals surface area contributed by atoms with Crippen LogP contribution in [0.3, 0.4) is 0 Å². The van der Waals surface area contributed by atoms with Gasteiger partial charge in [0, 0.05) is 21.8 Å². The van der Waals surface area contributed by atoms with Crippen LogP contribution in [-0.2, 0) is 11.2 Å². The zero-order valence-electron chi connectivity index (χ0n) is 13.6. The van der Waals surface area contributed by atoms with Crippen molar-refractivity contribution in [2.45, 2.75) is 6.42 Å². The van der Waals surface area contributed by atoms with E-state index in [4.69, 9.17) is 9.84 Å². The van der Waals surface area contributed by atoms with Crippen molar-refractivity contribution in [1.29, 1.82) is 0 Å². The molecule has 5 nitrogen and oxygen atoms in total. The van der Waals surface area contributed by atoms with Crippen LogP contribution in [0, 0.1) is 15.3 Å². The van der Waals surface area contributed by atoms with Gasteiger partial charge in [-0.1, -0.05) is 6.07 Å². The van der Waals surface area contributed by atoms with Crippen molar-refractivity contribution in [3.63, 3.8) is 0 Å². The van der Waals surface area contributed by atoms with E-state index in [9.17, 15) is 13.6 Å². The molecule has 3 aromatic rings. The largest absolute Gasteiger partial charge is 0.394 e. The molecule has 2 heterocycles. The summed E-state index contributed by atoms with van der Waals surface area (Å²) < 4.78 is 35.4. The summed E-state index contributed by atoms with van der Waals surface area (Å²) in [7, 11) is 0. The molecule has 0 saturated carbocycles. The van der Waals surface area contributed by atoms with Crippen LogP contribution in [-0.4, -0.2) is 40.1 Å². The van der Waals surface area contributed by atoms with Gasteiger partial charge in [-0.15, -0.1) is 0 Å². The number of aromatic nitrogens is 2. The van der Waals surface area contributed by atoms with Crippen molar-refractivity contribution in [2.24, 2.45) is 0 Å². The molecule has 0 bridgehead atoms. The van der Waals surface area contributed by atoms with Crippen LogP contribution < -0.4 is 0 Å². The second kappa shape index (κ2) is 8.19. The first-order chi connectivity index (χ1) is 12.5. The molecule has 0 unspecified atom stereocenters. The van der Waals surface area contributed by atoms with Crippen molar-refractivity contribution < 1.29 is 23.4 Å². The molecule has 1 N–H and O–H groups in total. The van der Waals surface area contributed by atoms with Crippen LogP contribution in [0.15, 0.2) is 36.8 Å². The predicted molar refractivity (Wildman–Crippen MR) is 99.3 cm³/mol. The molecule has 0 saturated heterocycles. The average Bonchev–Trinajstić information content (AvgIpc) is 2.98. The number of aliphatic hydroxyl groups excluding tert-OH is 1. The van der Waals surface area contributed by atoms with Gasteiger partial charge in [0.2, 0.25) is 5.95 Å². The van der Waals surface area contributed by atoms with Gasteiger partial charge in [-0.2, -0.15) is 4.39 Å². The molecule has 2 aromatic heterocycles. The van der Waals surface area contributed by atoms with Gasteiger partial charge in [0.15, 0.2) is 5.78 Å². The standard InChI is InChI=1S/C18H15F2IN2O3/c19-15-6-12(21)2-1-11(15)5-13-14(17(25)10-26-4-3-24)9-23-16(13)7-22-8-18(23)20/h1-2,6-9,24H,3-5,10H2. The fourth-order valence-electron chi connectivity index (χ4n) is 2.70. The Balaban J connectivity index is 2.04. The van der Waals surface area contributed by atoms with E-state index in [1.807, 2.05) is 22.6 Å². The molecular formula is C18H15F2IN2O3. The topological polar surface area (TPSA) is 63.8 Å². The quantitative estimate of drug-likeness (QED) is 0.327. The molecule has 0 amide bonds. The molecule has 1 aromatic carbocycles. The third-order valence-electron chi connectivity index (χ3n) is 3.91. The minimum atomic E-state index is -0.623. The number of aliphatic hydroxyl groups is 1. The maximum Gasteiger partial charge on any atom is 0.216 e. The number of halogens is 3. The van der Waals surface area contributed by atoms with Crippen LogP contribution in [0.5, 0.6) is 0 Å². The second-order valence-electron chi connectivity index (χ2n) is 5.62. The molecule has 0 spiro atoms. The van der Waals surface area contributed by atoms with Gasteiger partial charge in [-0.3, -0.25) is 14.2 Å². The first-order valence-corrected chi connectivity index (χ1v) is 8.88. The van der Waals surface area contributed by atoms with Crippen molar-refractivity contribution in [3.05, 3.63) is 68.8 Å². The maximum absolute atomic E-state index is 14.3. The molecule has 0 fully saturated rings. The predicted octanol–water partition coefficient (Wildman–Crippen LogP) is 3.00. The first kappa shape index (κ1) is 18.9. The highest BCUT2D eigenvalue weighted by Gasteiger charge is 2.20. The number of ether oxygens (including phenoxy) is 1. The van der Waals surface area contributed by atoms with Crippen molar-refractivity contribution in [3.8, 4) is 0 Å². The van der Waals surface area contributed by atoms with Crippen LogP contribution in [0.1, 0.15) is 21.5 Å². The Hall–Kier alpha value is -1.91. The smallest absolute Gasteiger partial charge is 0.216 e. The molecule has 0 atom stereocenters. The monoisotopic (exact) mass is 472 g/mol. The SMILES string of the molecule is O=C(COCCO)c1cn2c(F)cncc2c1Cc1ccc(I)cc1F. The fourth-order valence-corrected chi connectivity index (χ4v) is 3.15. The summed E-state index contributed by atoms with van der Waals surface area (Å²) in [5.41, 5.74) is 1.52. The number of nitrogens with zero attached hydrogens (tertiary/aromatic N) is 2. The van der Waals surface area contributed by atoms with Gasteiger partial charge >= 0.3 is 0 Å². The summed E-state index contributed by atoms with van der Waals surface area (Å²) in [4.78, 5) is 16.3. The van der Waals surface area contributed by atoms with E-state index < -0.39 is 11.8 Å². The van der Waals surface area contributed by atoms with E-state index in [0.29, 0.717) is 16.6 Å². The molecule has 0 aliphatic heterocycles. The molecule has 8 heteroatoms. The summed E-state index contributed by atoms with van der Waals surface area (Å²) in [5, 5.41) is 8.76. The number of ketones is 1. The third kappa shape index (κ3) is 3.92. The van der Waals surface area contributed by atoms with Crippen LogP contribution in [0.4, 0.5) is 8.78 Å². The lowest BCUT2D eigenvalue weighted by atomic mass is 10.00. The van der Waals surface area contributed by atoms with E-state index in [0.717, 1.165) is 9.77 Å². The molecule has 3 rings (SSSR count). The van der Waals surface area contributed by atoms with Crippen molar-refractivity contribution in [1.82, 2.24) is 9.38 Å². The van der Waals surface area contributed by atoms with E-state index in [1.165, 1.54) is 22.9 Å². The molecule has 0 aliphatic rings. The van der Waals surface area contributed by atoms with Crippen LogP contribution in [0.2, 0.25) is 0 Å². The van der Waals surface area contributed by atoms with E-state index in [1.54, 1.807) is 12.1 Å². The zero-order chi connectivity index (χ0) is 18.7. The van der Waals surface area contributed by atoms with Gasteiger partial charge in [0.25, 0.3) is 0 Å². The Bertz CT molecular complexity index is 959. The lowest BCUT2D eigenvalue weighted by Crippen LogP contribution is -2.12. The Morgan fingerprint density at radius 2 is 2.12 bits per heavy atom. The summed E-state index contributed by atoms with van der Waals surface area (Å²) in [6.07, 6.45) is 3.97. The Kier molecular flexibility index (Phi) is 5.94. The summed E-state index contributed by atoms with van der Waals surface area (Å²) >= 11 is 2.01. The number of rotatable bonds is 7. The van der Waals surface area contributed by atoms with Gasteiger partial charge in [0.1, 0.15) is 12.4 Å². The number of carbonyl (C=O) groups excluding carboxylic acids is 1. The minimum absolute atomic E-state index is 0.0239. The Labute approximate surface area is 161 Å². The number of carbonyl (C=O) groups is 1. The highest BCUT2D eigenvalue weighted by Crippen LogP contribution is 2.25. The zero-order valence-corrected chi connectivity index (χ0v) is 15.7. The molecule has 0 aliphatic carbocycles. The summed E-state index contributed by atoms with van der Waals surface area (Å²) in [5.74, 6) is -1.39. The Morgan fingerprint density at radius 1 is 1.31 bits per heavy atom. The summed E-state index contributed by atoms with van der Waals surface area (Å²) in [6, 6.07) is 4.81. The highest BCUT2D eigenvalue weighted by molar-refractivity contribution is 14.1. The number of hydrogen-bond donors (Lipinski definition) is 1. The molecule has 136 valence electrons. The fraction of sp³-hybridized carbons (Fsp3) is 0.222. The third-order valence-corrected chi connectivity index (χ3v) is 4.58. The van der Waals surface area contributed by atoms with Crippen LogP contribution in [0.25, 0.3) is 5.52 Å². The van der Waals surface area contributed by atoms with E-state index in [2.05, 4.69) is 4.98 Å². The number of Topliss-reactive ketones (excluding diaryl/α,β-unsaturated/α-hetero) is 1. The van der Waals surface area contributed by atoms with Gasteiger partial charge < -0.3 is 9.84 Å². The van der Waals surface area contributed by atoms with E-state index >= 15 is 0 Å². The highest BCUT2D eigenvalue weighted by atomic mass is 127. The van der Waals surface area contributed by atoms with Gasteiger partial charge in [-0.25, -0.2) is 4.39 Å². The number of fused-ring (bicyclic) bond motifs is 1. The normalized spacial score (nSPS) is 11.2. The van der Waals surface area contributed by atoms with Gasteiger partial charge in [-0.05, 0) is 45.9 Å². The van der Waals surface area contributed by atoms with Crippen LogP contribution >= 0.6 is 22.6 Å². The van der Waals surface area contributed by atoms with Crippen molar-refractivity contribution >= 4 is 33.9 Å². The van der Waals surface area contributed by atoms with E-state index in [-0.39, 0.29) is 37.6 Å². The first-order valence-electron chi connectivity index (χ1n) is 7.80. The number of hydrogen-bond acceptors (Lipinski definition) is 4. The minimum Gasteiger partial charge on any atom is -0.394 e. The lowest BCUT2D eigenvalue weighted by molar-refractivity contribution is 0.0663. The lowest BCUT2D eigenvalue weighted by Gasteiger charge is -2.07. The molecular weight excluding hydrogens is 457 g/mol. The van der Waals surface area contributed by atoms with Gasteiger partial charge in [0.05, 0.1) is 31.1 Å². The average molecular weight is 472 g/mol. The number of benzene rings is 1. The Morgan fingerprint density at radius 3 is 2.85 bits per heavy atom. The summed E-state index contributed by atoms with van der Waals surface area (Å²) in [6.45, 7) is -0.435.